The molecule has 1 amide bonds. The molecule has 7 nitrogen and oxygen atoms in total. The van der Waals surface area contributed by atoms with Crippen LogP contribution in [-0.2, 0) is 4.79 Å². The quantitative estimate of drug-likeness (QED) is 0.409. The van der Waals surface area contributed by atoms with Crippen molar-refractivity contribution >= 4 is 23.4 Å². The van der Waals surface area contributed by atoms with Crippen LogP contribution >= 0.6 is 0 Å². The van der Waals surface area contributed by atoms with Gasteiger partial charge in [-0.15, -0.1) is 0 Å². The van der Waals surface area contributed by atoms with Crippen molar-refractivity contribution in [1.82, 2.24) is 19.7 Å². The molecule has 0 aliphatic carbocycles. The molecule has 0 bridgehead atoms. The molecular weight excluding hydrogens is 448 g/mol. The maximum absolute atomic E-state index is 12.8. The molecule has 36 heavy (non-hydrogen) atoms. The van der Waals surface area contributed by atoms with Crippen molar-refractivity contribution in [3.63, 3.8) is 0 Å². The van der Waals surface area contributed by atoms with Gasteiger partial charge in [0.15, 0.2) is 0 Å². The second-order valence-corrected chi connectivity index (χ2v) is 9.07. The van der Waals surface area contributed by atoms with Crippen molar-refractivity contribution in [3.05, 3.63) is 96.5 Å². The minimum absolute atomic E-state index is 0.189. The van der Waals surface area contributed by atoms with Gasteiger partial charge in [0, 0.05) is 73.3 Å². The van der Waals surface area contributed by atoms with Gasteiger partial charge >= 0.3 is 0 Å². The second kappa shape index (κ2) is 10.6. The highest BCUT2D eigenvalue weighted by atomic mass is 16.1. The van der Waals surface area contributed by atoms with E-state index in [0.29, 0.717) is 0 Å². The number of hydrogen-bond donors (Lipinski definition) is 1. The first kappa shape index (κ1) is 23.5. The Bertz CT molecular complexity index is 1360. The minimum atomic E-state index is -0.189. The van der Waals surface area contributed by atoms with Crippen LogP contribution in [0, 0.1) is 6.92 Å². The summed E-state index contributed by atoms with van der Waals surface area (Å²) in [6, 6.07) is 19.9. The summed E-state index contributed by atoms with van der Waals surface area (Å²) >= 11 is 0. The first-order valence-corrected chi connectivity index (χ1v) is 12.2. The van der Waals surface area contributed by atoms with Crippen molar-refractivity contribution in [2.24, 2.45) is 0 Å². The van der Waals surface area contributed by atoms with E-state index in [1.165, 1.54) is 5.69 Å². The molecule has 0 spiro atoms. The standard InChI is InChI=1S/C29H30N6O/c1-22-19-25(11-12-27(22)34-17-15-33(2)16-18-34)31-28(36)13-10-24-21-35(26-8-4-3-5-9-26)32-29(24)23-7-6-14-30-20-23/h3-14,19-21H,15-18H2,1-2H3,(H,31,36). The van der Waals surface area contributed by atoms with Gasteiger partial charge in [-0.25, -0.2) is 4.68 Å². The van der Waals surface area contributed by atoms with Gasteiger partial charge in [0.1, 0.15) is 5.69 Å². The summed E-state index contributed by atoms with van der Waals surface area (Å²) in [5.41, 5.74) is 6.61. The number of hydrogen-bond acceptors (Lipinski definition) is 5. The van der Waals surface area contributed by atoms with E-state index < -0.39 is 0 Å². The zero-order chi connectivity index (χ0) is 24.9. The van der Waals surface area contributed by atoms with Gasteiger partial charge in [0.05, 0.1) is 5.69 Å². The van der Waals surface area contributed by atoms with Gasteiger partial charge in [0.25, 0.3) is 0 Å². The third-order valence-electron chi connectivity index (χ3n) is 6.42. The Kier molecular flexibility index (Phi) is 6.91. The molecule has 0 radical (unpaired) electrons. The summed E-state index contributed by atoms with van der Waals surface area (Å²) in [5, 5.41) is 7.76. The largest absolute Gasteiger partial charge is 0.369 e. The first-order chi connectivity index (χ1) is 17.6. The molecule has 3 heterocycles. The van der Waals surface area contributed by atoms with E-state index in [9.17, 15) is 4.79 Å². The number of aromatic nitrogens is 3. The van der Waals surface area contributed by atoms with Crippen molar-refractivity contribution in [1.29, 1.82) is 0 Å². The molecule has 0 saturated carbocycles. The molecule has 1 fully saturated rings. The number of para-hydroxylation sites is 1. The normalized spacial score (nSPS) is 14.3. The third-order valence-corrected chi connectivity index (χ3v) is 6.42. The fourth-order valence-corrected chi connectivity index (χ4v) is 4.43. The monoisotopic (exact) mass is 478 g/mol. The average molecular weight is 479 g/mol. The summed E-state index contributed by atoms with van der Waals surface area (Å²) in [5.74, 6) is -0.189. The Morgan fingerprint density at radius 1 is 1.00 bits per heavy atom. The van der Waals surface area contributed by atoms with Gasteiger partial charge in [-0.1, -0.05) is 18.2 Å². The van der Waals surface area contributed by atoms with Crippen LogP contribution in [0.5, 0.6) is 0 Å². The predicted molar refractivity (Wildman–Crippen MR) is 145 cm³/mol. The number of benzene rings is 2. The van der Waals surface area contributed by atoms with E-state index in [4.69, 9.17) is 5.10 Å². The van der Waals surface area contributed by atoms with Crippen LogP contribution in [0.1, 0.15) is 11.1 Å². The number of piperazine rings is 1. The molecule has 182 valence electrons. The highest BCUT2D eigenvalue weighted by Crippen LogP contribution is 2.26. The molecule has 1 N–H and O–H groups in total. The highest BCUT2D eigenvalue weighted by molar-refractivity contribution is 6.02. The van der Waals surface area contributed by atoms with Crippen LogP contribution in [0.2, 0.25) is 0 Å². The van der Waals surface area contributed by atoms with E-state index >= 15 is 0 Å². The Labute approximate surface area is 211 Å². The maximum atomic E-state index is 12.8. The summed E-state index contributed by atoms with van der Waals surface area (Å²) in [6.45, 7) is 6.25. The van der Waals surface area contributed by atoms with Crippen LogP contribution in [0.15, 0.2) is 85.3 Å². The fourth-order valence-electron chi connectivity index (χ4n) is 4.43. The van der Waals surface area contributed by atoms with E-state index in [1.54, 1.807) is 24.5 Å². The van der Waals surface area contributed by atoms with Crippen LogP contribution in [-0.4, -0.2) is 58.8 Å². The molecule has 7 heteroatoms. The molecule has 1 saturated heterocycles. The lowest BCUT2D eigenvalue weighted by Crippen LogP contribution is -2.44. The maximum Gasteiger partial charge on any atom is 0.248 e. The number of rotatable bonds is 6. The van der Waals surface area contributed by atoms with Gasteiger partial charge < -0.3 is 15.1 Å². The van der Waals surface area contributed by atoms with Gasteiger partial charge in [-0.05, 0) is 68.1 Å². The number of carbonyl (C=O) groups is 1. The molecule has 2 aromatic heterocycles. The van der Waals surface area contributed by atoms with Crippen LogP contribution in [0.25, 0.3) is 23.0 Å². The Balaban J connectivity index is 1.33. The van der Waals surface area contributed by atoms with E-state index in [-0.39, 0.29) is 5.91 Å². The van der Waals surface area contributed by atoms with E-state index in [2.05, 4.69) is 40.1 Å². The van der Waals surface area contributed by atoms with Gasteiger partial charge in [-0.2, -0.15) is 5.10 Å². The van der Waals surface area contributed by atoms with Gasteiger partial charge in [-0.3, -0.25) is 9.78 Å². The average Bonchev–Trinajstić information content (AvgIpc) is 3.34. The number of nitrogens with zero attached hydrogens (tertiary/aromatic N) is 5. The summed E-state index contributed by atoms with van der Waals surface area (Å²) in [4.78, 5) is 21.8. The smallest absolute Gasteiger partial charge is 0.248 e. The van der Waals surface area contributed by atoms with Crippen molar-refractivity contribution in [3.8, 4) is 16.9 Å². The topological polar surface area (TPSA) is 66.3 Å². The van der Waals surface area contributed by atoms with Crippen LogP contribution in [0.4, 0.5) is 11.4 Å². The predicted octanol–water partition coefficient (Wildman–Crippen LogP) is 4.65. The number of nitrogens with one attached hydrogen (secondary N) is 1. The molecule has 5 rings (SSSR count). The number of anilines is 2. The molecular formula is C29H30N6O. The van der Waals surface area contributed by atoms with Gasteiger partial charge in [0.2, 0.25) is 5.91 Å². The number of amides is 1. The number of pyridine rings is 1. The Morgan fingerprint density at radius 3 is 2.53 bits per heavy atom. The first-order valence-electron chi connectivity index (χ1n) is 12.2. The Morgan fingerprint density at radius 2 is 1.81 bits per heavy atom. The molecule has 1 aliphatic heterocycles. The lowest BCUT2D eigenvalue weighted by atomic mass is 10.1. The van der Waals surface area contributed by atoms with E-state index in [0.717, 1.165) is 59.9 Å². The summed E-state index contributed by atoms with van der Waals surface area (Å²) < 4.78 is 1.82. The van der Waals surface area contributed by atoms with Crippen LogP contribution < -0.4 is 10.2 Å². The molecule has 0 atom stereocenters. The van der Waals surface area contributed by atoms with Crippen LogP contribution in [0.3, 0.4) is 0 Å². The summed E-state index contributed by atoms with van der Waals surface area (Å²) in [6.07, 6.45) is 8.79. The van der Waals surface area contributed by atoms with Crippen molar-refractivity contribution in [2.45, 2.75) is 6.92 Å². The van der Waals surface area contributed by atoms with Crippen molar-refractivity contribution in [2.75, 3.05) is 43.4 Å². The lowest BCUT2D eigenvalue weighted by molar-refractivity contribution is -0.111. The third kappa shape index (κ3) is 5.37. The highest BCUT2D eigenvalue weighted by Gasteiger charge is 2.16. The number of likely N-dealkylation sites (N-methyl/N-ethyl adjacent to an activating group) is 1. The zero-order valence-corrected chi connectivity index (χ0v) is 20.6. The number of aryl methyl sites for hydroxylation is 1. The molecule has 2 aromatic carbocycles. The SMILES string of the molecule is Cc1cc(NC(=O)C=Cc2cn(-c3ccccc3)nc2-c2cccnc2)ccc1N1CCN(C)CC1. The minimum Gasteiger partial charge on any atom is -0.369 e. The van der Waals surface area contributed by atoms with Crippen molar-refractivity contribution < 1.29 is 4.79 Å². The molecule has 4 aromatic rings. The van der Waals surface area contributed by atoms with E-state index in [1.807, 2.05) is 65.5 Å². The second-order valence-electron chi connectivity index (χ2n) is 9.07. The zero-order valence-electron chi connectivity index (χ0n) is 20.6. The molecule has 0 unspecified atom stereocenters. The Hall–Kier alpha value is -4.23. The molecule has 1 aliphatic rings. The number of carbonyl (C=O) groups excluding carboxylic acids is 1. The summed E-state index contributed by atoms with van der Waals surface area (Å²) in [7, 11) is 2.16. The fraction of sp³-hybridized carbons (Fsp3) is 0.207. The lowest BCUT2D eigenvalue weighted by Gasteiger charge is -2.35.